The largest absolute Gasteiger partial charge is 0.416 e. The molecule has 0 saturated carbocycles. The molecule has 0 bridgehead atoms. The van der Waals surface area contributed by atoms with Crippen molar-refractivity contribution in [3.8, 4) is 0 Å². The average molecular weight is 260 g/mol. The van der Waals surface area contributed by atoms with Crippen molar-refractivity contribution in [2.75, 3.05) is 13.2 Å². The zero-order valence-corrected chi connectivity index (χ0v) is 13.3. The van der Waals surface area contributed by atoms with Crippen molar-refractivity contribution in [2.45, 2.75) is 64.5 Å². The van der Waals surface area contributed by atoms with Crippen LogP contribution in [0.2, 0.25) is 18.1 Å². The number of aliphatic hydroxyl groups is 1. The molecule has 0 aliphatic carbocycles. The Labute approximate surface area is 107 Å². The van der Waals surface area contributed by atoms with Gasteiger partial charge in [0.2, 0.25) is 0 Å². The first kappa shape index (κ1) is 15.2. The Kier molecular flexibility index (Phi) is 4.14. The Morgan fingerprint density at radius 2 is 1.94 bits per heavy atom. The van der Waals surface area contributed by atoms with Crippen molar-refractivity contribution in [3.63, 3.8) is 0 Å². The van der Waals surface area contributed by atoms with Gasteiger partial charge in [-0.1, -0.05) is 27.7 Å². The smallest absolute Gasteiger partial charge is 0.191 e. The summed E-state index contributed by atoms with van der Waals surface area (Å²) >= 11 is 0. The van der Waals surface area contributed by atoms with E-state index in [9.17, 15) is 5.11 Å². The van der Waals surface area contributed by atoms with E-state index in [1.807, 2.05) is 6.92 Å². The van der Waals surface area contributed by atoms with Crippen LogP contribution in [0, 0.1) is 5.92 Å². The van der Waals surface area contributed by atoms with Crippen LogP contribution >= 0.6 is 0 Å². The number of aliphatic hydroxyl groups excluding tert-OH is 1. The summed E-state index contributed by atoms with van der Waals surface area (Å²) in [5.41, 5.74) is -0.323. The van der Waals surface area contributed by atoms with Gasteiger partial charge in [0.05, 0.1) is 12.7 Å². The molecule has 102 valence electrons. The number of rotatable bonds is 5. The monoisotopic (exact) mass is 260 g/mol. The lowest BCUT2D eigenvalue weighted by atomic mass is 9.99. The molecule has 0 aromatic rings. The summed E-state index contributed by atoms with van der Waals surface area (Å²) in [7, 11) is -1.66. The predicted octanol–water partition coefficient (Wildman–Crippen LogP) is 2.79. The lowest BCUT2D eigenvalue weighted by Crippen LogP contribution is -2.42. The lowest BCUT2D eigenvalue weighted by Gasteiger charge is -2.37. The number of ether oxygens (including phenoxy) is 1. The summed E-state index contributed by atoms with van der Waals surface area (Å²) in [6, 6.07) is 0. The summed E-state index contributed by atoms with van der Waals surface area (Å²) in [5.74, 6) is 0.348. The molecule has 1 heterocycles. The van der Waals surface area contributed by atoms with Gasteiger partial charge >= 0.3 is 0 Å². The minimum atomic E-state index is -1.66. The fraction of sp³-hybridized carbons (Fsp3) is 1.00. The Balaban J connectivity index is 2.42. The van der Waals surface area contributed by atoms with E-state index in [4.69, 9.17) is 9.16 Å². The Morgan fingerprint density at radius 3 is 2.29 bits per heavy atom. The Morgan fingerprint density at radius 1 is 1.41 bits per heavy atom. The first-order chi connectivity index (χ1) is 7.53. The van der Waals surface area contributed by atoms with E-state index in [0.717, 1.165) is 6.61 Å². The third-order valence-corrected chi connectivity index (χ3v) is 8.79. The van der Waals surface area contributed by atoms with Crippen LogP contribution in [-0.4, -0.2) is 38.3 Å². The van der Waals surface area contributed by atoms with Crippen LogP contribution in [0.4, 0.5) is 0 Å². The van der Waals surface area contributed by atoms with Crippen LogP contribution < -0.4 is 0 Å². The van der Waals surface area contributed by atoms with Crippen LogP contribution in [0.5, 0.6) is 0 Å². The summed E-state index contributed by atoms with van der Waals surface area (Å²) in [6.45, 7) is 16.2. The number of hydrogen-bond donors (Lipinski definition) is 1. The van der Waals surface area contributed by atoms with Crippen molar-refractivity contribution >= 4 is 8.32 Å². The molecular formula is C13H28O3Si. The summed E-state index contributed by atoms with van der Waals surface area (Å²) in [5, 5.41) is 9.43. The third kappa shape index (κ3) is 3.31. The van der Waals surface area contributed by atoms with Crippen LogP contribution in [0.15, 0.2) is 0 Å². The van der Waals surface area contributed by atoms with E-state index in [2.05, 4.69) is 40.8 Å². The first-order valence-corrected chi connectivity index (χ1v) is 9.37. The second kappa shape index (κ2) is 4.65. The van der Waals surface area contributed by atoms with Gasteiger partial charge in [-0.05, 0) is 25.1 Å². The maximum atomic E-state index is 9.18. The molecule has 0 spiro atoms. The molecular weight excluding hydrogens is 232 g/mol. The number of epoxide rings is 1. The molecule has 1 N–H and O–H groups in total. The third-order valence-electron chi connectivity index (χ3n) is 4.28. The van der Waals surface area contributed by atoms with Gasteiger partial charge in [0.15, 0.2) is 8.32 Å². The van der Waals surface area contributed by atoms with E-state index >= 15 is 0 Å². The van der Waals surface area contributed by atoms with Gasteiger partial charge in [-0.3, -0.25) is 0 Å². The minimum absolute atomic E-state index is 0.0993. The maximum absolute atomic E-state index is 9.18. The Bertz CT molecular complexity index is 272. The van der Waals surface area contributed by atoms with E-state index in [0.29, 0.717) is 5.92 Å². The normalized spacial score (nSPS) is 31.4. The summed E-state index contributed by atoms with van der Waals surface area (Å²) < 4.78 is 11.7. The molecule has 0 aromatic heterocycles. The second-order valence-corrected chi connectivity index (χ2v) is 11.9. The molecule has 0 amide bonds. The highest BCUT2D eigenvalue weighted by Crippen LogP contribution is 2.42. The topological polar surface area (TPSA) is 42.0 Å². The molecule has 0 aromatic carbocycles. The van der Waals surface area contributed by atoms with Crippen molar-refractivity contribution in [2.24, 2.45) is 5.92 Å². The minimum Gasteiger partial charge on any atom is -0.416 e. The molecule has 17 heavy (non-hydrogen) atoms. The van der Waals surface area contributed by atoms with Gasteiger partial charge in [-0.15, -0.1) is 0 Å². The van der Waals surface area contributed by atoms with Crippen LogP contribution in [0.1, 0.15) is 34.6 Å². The summed E-state index contributed by atoms with van der Waals surface area (Å²) in [4.78, 5) is 0. The van der Waals surface area contributed by atoms with Gasteiger partial charge in [0, 0.05) is 12.5 Å². The molecule has 4 heteroatoms. The van der Waals surface area contributed by atoms with Gasteiger partial charge in [0.1, 0.15) is 5.60 Å². The van der Waals surface area contributed by atoms with E-state index in [-0.39, 0.29) is 23.4 Å². The lowest BCUT2D eigenvalue weighted by molar-refractivity contribution is 0.180. The zero-order chi connectivity index (χ0) is 13.5. The molecule has 1 fully saturated rings. The molecule has 1 rings (SSSR count). The van der Waals surface area contributed by atoms with E-state index in [1.165, 1.54) is 0 Å². The zero-order valence-electron chi connectivity index (χ0n) is 12.3. The van der Waals surface area contributed by atoms with Crippen molar-refractivity contribution < 1.29 is 14.3 Å². The average Bonchev–Trinajstić information content (AvgIpc) is 2.87. The first-order valence-electron chi connectivity index (χ1n) is 6.46. The molecule has 0 radical (unpaired) electrons. The highest BCUT2D eigenvalue weighted by atomic mass is 28.4. The number of hydrogen-bond acceptors (Lipinski definition) is 3. The van der Waals surface area contributed by atoms with Gasteiger partial charge in [-0.2, -0.15) is 0 Å². The van der Waals surface area contributed by atoms with Gasteiger partial charge in [0.25, 0.3) is 0 Å². The standard InChI is InChI=1S/C13H28O3Si/c1-10(11-13(5,9-14)16-11)8-15-17(6,7)12(2,3)4/h10-11,14H,8-9H2,1-7H3. The van der Waals surface area contributed by atoms with Crippen LogP contribution in [0.3, 0.4) is 0 Å². The van der Waals surface area contributed by atoms with Crippen molar-refractivity contribution in [1.82, 2.24) is 0 Å². The van der Waals surface area contributed by atoms with E-state index in [1.54, 1.807) is 0 Å². The molecule has 1 saturated heterocycles. The van der Waals surface area contributed by atoms with Gasteiger partial charge < -0.3 is 14.3 Å². The molecule has 3 atom stereocenters. The van der Waals surface area contributed by atoms with Crippen molar-refractivity contribution in [1.29, 1.82) is 0 Å². The molecule has 1 aliphatic rings. The molecule has 1 aliphatic heterocycles. The van der Waals surface area contributed by atoms with Gasteiger partial charge in [-0.25, -0.2) is 0 Å². The van der Waals surface area contributed by atoms with E-state index < -0.39 is 8.32 Å². The van der Waals surface area contributed by atoms with Crippen LogP contribution in [0.25, 0.3) is 0 Å². The second-order valence-electron chi connectivity index (χ2n) is 7.06. The Hall–Kier alpha value is 0.0969. The fourth-order valence-corrected chi connectivity index (χ4v) is 2.86. The predicted molar refractivity (Wildman–Crippen MR) is 72.7 cm³/mol. The van der Waals surface area contributed by atoms with Crippen LogP contribution in [-0.2, 0) is 9.16 Å². The molecule has 3 nitrogen and oxygen atoms in total. The maximum Gasteiger partial charge on any atom is 0.191 e. The SMILES string of the molecule is CC(CO[Si](C)(C)C(C)(C)C)C1OC1(C)CO. The quantitative estimate of drug-likeness (QED) is 0.610. The highest BCUT2D eigenvalue weighted by molar-refractivity contribution is 6.74. The highest BCUT2D eigenvalue weighted by Gasteiger charge is 2.54. The fourth-order valence-electron chi connectivity index (χ4n) is 1.74. The molecule has 3 unspecified atom stereocenters. The summed E-state index contributed by atoms with van der Waals surface area (Å²) in [6.07, 6.45) is 0.150. The van der Waals surface area contributed by atoms with Crippen molar-refractivity contribution in [3.05, 3.63) is 0 Å².